The molecule has 1 unspecified atom stereocenters. The fourth-order valence-corrected chi connectivity index (χ4v) is 5.06. The Morgan fingerprint density at radius 3 is 2.32 bits per heavy atom. The number of ether oxygens (including phenoxy) is 1. The molecular formula is C23H24F2N2O6S. The molecule has 11 heteroatoms. The first kappa shape index (κ1) is 25.4. The van der Waals surface area contributed by atoms with Crippen LogP contribution < -0.4 is 5.32 Å². The summed E-state index contributed by atoms with van der Waals surface area (Å²) in [6.07, 6.45) is -0.858. The number of anilines is 1. The highest BCUT2D eigenvalue weighted by Crippen LogP contribution is 2.26. The molecule has 1 aliphatic rings. The van der Waals surface area contributed by atoms with Crippen molar-refractivity contribution in [2.75, 3.05) is 18.4 Å². The second-order valence-electron chi connectivity index (χ2n) is 7.92. The summed E-state index contributed by atoms with van der Waals surface area (Å²) < 4.78 is 58.3. The zero-order valence-corrected chi connectivity index (χ0v) is 19.4. The number of sulfonamides is 1. The minimum absolute atomic E-state index is 0.0202. The third-order valence-electron chi connectivity index (χ3n) is 5.54. The van der Waals surface area contributed by atoms with Gasteiger partial charge in [0.25, 0.3) is 5.91 Å². The zero-order valence-electron chi connectivity index (χ0n) is 18.6. The number of hydrogen-bond donors (Lipinski definition) is 1. The summed E-state index contributed by atoms with van der Waals surface area (Å²) in [6, 6.07) is 8.79. The summed E-state index contributed by atoms with van der Waals surface area (Å²) in [5, 5.41) is 2.57. The van der Waals surface area contributed by atoms with E-state index in [1.807, 2.05) is 0 Å². The van der Waals surface area contributed by atoms with Gasteiger partial charge in [-0.3, -0.25) is 14.4 Å². The molecule has 34 heavy (non-hydrogen) atoms. The minimum Gasteiger partial charge on any atom is -0.452 e. The van der Waals surface area contributed by atoms with Crippen LogP contribution in [-0.2, 0) is 24.3 Å². The Labute approximate surface area is 195 Å². The summed E-state index contributed by atoms with van der Waals surface area (Å²) in [5.74, 6) is -4.53. The molecule has 8 nitrogen and oxygen atoms in total. The van der Waals surface area contributed by atoms with Crippen LogP contribution in [0.25, 0.3) is 0 Å². The van der Waals surface area contributed by atoms with Crippen molar-refractivity contribution < 1.29 is 36.3 Å². The number of piperidine rings is 1. The Hall–Kier alpha value is -3.18. The van der Waals surface area contributed by atoms with Crippen LogP contribution >= 0.6 is 0 Å². The Bertz CT molecular complexity index is 1210. The van der Waals surface area contributed by atoms with Crippen molar-refractivity contribution >= 4 is 33.4 Å². The monoisotopic (exact) mass is 494 g/mol. The highest BCUT2D eigenvalue weighted by molar-refractivity contribution is 7.89. The Morgan fingerprint density at radius 1 is 1.06 bits per heavy atom. The highest BCUT2D eigenvalue weighted by Gasteiger charge is 2.34. The average molecular weight is 495 g/mol. The molecule has 3 rings (SSSR count). The van der Waals surface area contributed by atoms with Crippen LogP contribution in [-0.4, -0.2) is 49.6 Å². The summed E-state index contributed by atoms with van der Waals surface area (Å²) in [5.41, 5.74) is 0.627. The van der Waals surface area contributed by atoms with Gasteiger partial charge in [-0.1, -0.05) is 12.1 Å². The molecule has 0 radical (unpaired) electrons. The molecule has 1 N–H and O–H groups in total. The SMILES string of the molecule is CC(=O)c1ccccc1NC(=O)C(C)OC(=O)C1CCN(S(=O)(=O)c2ccc(F)c(F)c2)CC1. The number of nitrogens with zero attached hydrogens (tertiary/aromatic N) is 1. The zero-order chi connectivity index (χ0) is 25.0. The maximum atomic E-state index is 13.5. The molecule has 0 spiro atoms. The Morgan fingerprint density at radius 2 is 1.71 bits per heavy atom. The fraction of sp³-hybridized carbons (Fsp3) is 0.348. The van der Waals surface area contributed by atoms with Crippen molar-refractivity contribution in [1.82, 2.24) is 4.31 Å². The number of carbonyl (C=O) groups excluding carboxylic acids is 3. The van der Waals surface area contributed by atoms with E-state index in [0.29, 0.717) is 17.3 Å². The van der Waals surface area contributed by atoms with Gasteiger partial charge >= 0.3 is 5.97 Å². The molecule has 1 heterocycles. The predicted molar refractivity (Wildman–Crippen MR) is 118 cm³/mol. The van der Waals surface area contributed by atoms with Gasteiger partial charge in [0.05, 0.1) is 16.5 Å². The van der Waals surface area contributed by atoms with E-state index in [2.05, 4.69) is 5.32 Å². The van der Waals surface area contributed by atoms with Crippen LogP contribution in [0.1, 0.15) is 37.0 Å². The molecule has 1 fully saturated rings. The lowest BCUT2D eigenvalue weighted by atomic mass is 9.98. The molecule has 182 valence electrons. The smallest absolute Gasteiger partial charge is 0.309 e. The van der Waals surface area contributed by atoms with E-state index in [-0.39, 0.29) is 36.6 Å². The second-order valence-corrected chi connectivity index (χ2v) is 9.86. The number of halogens is 2. The molecule has 0 aliphatic carbocycles. The number of nitrogens with one attached hydrogen (secondary N) is 1. The van der Waals surface area contributed by atoms with Gasteiger partial charge in [-0.2, -0.15) is 4.31 Å². The number of para-hydroxylation sites is 1. The van der Waals surface area contributed by atoms with Gasteiger partial charge in [0.15, 0.2) is 23.5 Å². The van der Waals surface area contributed by atoms with Crippen molar-refractivity contribution in [3.63, 3.8) is 0 Å². The van der Waals surface area contributed by atoms with Gasteiger partial charge in [-0.25, -0.2) is 17.2 Å². The maximum absolute atomic E-state index is 13.5. The summed E-state index contributed by atoms with van der Waals surface area (Å²) in [7, 11) is -4.05. The summed E-state index contributed by atoms with van der Waals surface area (Å²) in [4.78, 5) is 36.3. The fourth-order valence-electron chi connectivity index (χ4n) is 3.58. The lowest BCUT2D eigenvalue weighted by Crippen LogP contribution is -2.41. The van der Waals surface area contributed by atoms with E-state index < -0.39 is 45.6 Å². The molecule has 1 amide bonds. The molecule has 1 atom stereocenters. The number of Topliss-reactive ketones (excluding diaryl/α,β-unsaturated/α-hetero) is 1. The Balaban J connectivity index is 1.56. The van der Waals surface area contributed by atoms with Gasteiger partial charge in [-0.15, -0.1) is 0 Å². The van der Waals surface area contributed by atoms with Gasteiger partial charge in [0.2, 0.25) is 10.0 Å². The number of benzene rings is 2. The van der Waals surface area contributed by atoms with E-state index >= 15 is 0 Å². The van der Waals surface area contributed by atoms with Crippen LogP contribution in [0, 0.1) is 17.6 Å². The van der Waals surface area contributed by atoms with Crippen LogP contribution in [0.15, 0.2) is 47.4 Å². The highest BCUT2D eigenvalue weighted by atomic mass is 32.2. The molecule has 1 saturated heterocycles. The van der Waals surface area contributed by atoms with Gasteiger partial charge < -0.3 is 10.1 Å². The number of rotatable bonds is 7. The van der Waals surface area contributed by atoms with Crippen LogP contribution in [0.3, 0.4) is 0 Å². The quantitative estimate of drug-likeness (QED) is 0.468. The van der Waals surface area contributed by atoms with Gasteiger partial charge in [-0.05, 0) is 57.0 Å². The van der Waals surface area contributed by atoms with Crippen molar-refractivity contribution in [1.29, 1.82) is 0 Å². The largest absolute Gasteiger partial charge is 0.452 e. The first-order chi connectivity index (χ1) is 16.0. The normalized spacial score (nSPS) is 16.0. The summed E-state index contributed by atoms with van der Waals surface area (Å²) >= 11 is 0. The van der Waals surface area contributed by atoms with E-state index in [1.54, 1.807) is 24.3 Å². The predicted octanol–water partition coefficient (Wildman–Crippen LogP) is 3.14. The third kappa shape index (κ3) is 5.65. The molecule has 0 bridgehead atoms. The molecule has 2 aromatic carbocycles. The van der Waals surface area contributed by atoms with Crippen molar-refractivity contribution in [3.05, 3.63) is 59.7 Å². The van der Waals surface area contributed by atoms with Crippen LogP contribution in [0.5, 0.6) is 0 Å². The number of carbonyl (C=O) groups is 3. The van der Waals surface area contributed by atoms with Crippen LogP contribution in [0.2, 0.25) is 0 Å². The number of esters is 1. The lowest BCUT2D eigenvalue weighted by molar-refractivity contribution is -0.158. The lowest BCUT2D eigenvalue weighted by Gasteiger charge is -2.30. The Kier molecular flexibility index (Phi) is 7.78. The van der Waals surface area contributed by atoms with Crippen molar-refractivity contribution in [2.45, 2.75) is 37.7 Å². The van der Waals surface area contributed by atoms with Gasteiger partial charge in [0, 0.05) is 18.7 Å². The molecule has 0 saturated carbocycles. The van der Waals surface area contributed by atoms with E-state index in [9.17, 15) is 31.6 Å². The van der Waals surface area contributed by atoms with Crippen molar-refractivity contribution in [2.24, 2.45) is 5.92 Å². The second kappa shape index (κ2) is 10.4. The number of amides is 1. The van der Waals surface area contributed by atoms with E-state index in [1.165, 1.54) is 13.8 Å². The van der Waals surface area contributed by atoms with Crippen LogP contribution in [0.4, 0.5) is 14.5 Å². The standard InChI is InChI=1S/C23H24F2N2O6S/c1-14(28)18-5-3-4-6-21(18)26-22(29)15(2)33-23(30)16-9-11-27(12-10-16)34(31,32)17-7-8-19(24)20(25)13-17/h3-8,13,15-16H,9-12H2,1-2H3,(H,26,29). The summed E-state index contributed by atoms with van der Waals surface area (Å²) in [6.45, 7) is 2.72. The number of ketones is 1. The topological polar surface area (TPSA) is 110 Å². The molecule has 0 aromatic heterocycles. The number of hydrogen-bond acceptors (Lipinski definition) is 6. The molecule has 1 aliphatic heterocycles. The van der Waals surface area contributed by atoms with E-state index in [4.69, 9.17) is 4.74 Å². The first-order valence-electron chi connectivity index (χ1n) is 10.6. The maximum Gasteiger partial charge on any atom is 0.309 e. The minimum atomic E-state index is -4.05. The average Bonchev–Trinajstić information content (AvgIpc) is 2.80. The van der Waals surface area contributed by atoms with Crippen molar-refractivity contribution in [3.8, 4) is 0 Å². The first-order valence-corrected chi connectivity index (χ1v) is 12.0. The van der Waals surface area contributed by atoms with E-state index in [0.717, 1.165) is 16.4 Å². The molecule has 2 aromatic rings. The third-order valence-corrected chi connectivity index (χ3v) is 7.44. The molecular weight excluding hydrogens is 470 g/mol. The van der Waals surface area contributed by atoms with Gasteiger partial charge in [0.1, 0.15) is 0 Å².